The van der Waals surface area contributed by atoms with E-state index in [1.807, 2.05) is 24.3 Å². The van der Waals surface area contributed by atoms with Crippen molar-refractivity contribution in [2.24, 2.45) is 5.73 Å². The Bertz CT molecular complexity index is 339. The maximum absolute atomic E-state index is 5.82. The van der Waals surface area contributed by atoms with Gasteiger partial charge in [0, 0.05) is 6.54 Å². The summed E-state index contributed by atoms with van der Waals surface area (Å²) in [4.78, 5) is 0. The van der Waals surface area contributed by atoms with E-state index < -0.39 is 0 Å². The Morgan fingerprint density at radius 2 is 2.31 bits per heavy atom. The number of hydrogen-bond acceptors (Lipinski definition) is 4. The van der Waals surface area contributed by atoms with Crippen LogP contribution in [-0.4, -0.2) is 33.0 Å². The molecule has 4 heteroatoms. The molecule has 0 saturated carbocycles. The van der Waals surface area contributed by atoms with Crippen molar-refractivity contribution >= 4 is 0 Å². The lowest BCUT2D eigenvalue weighted by molar-refractivity contribution is -0.153. The quantitative estimate of drug-likeness (QED) is 0.812. The van der Waals surface area contributed by atoms with E-state index in [-0.39, 0.29) is 12.2 Å². The van der Waals surface area contributed by atoms with Crippen molar-refractivity contribution in [2.45, 2.75) is 12.2 Å². The van der Waals surface area contributed by atoms with Crippen molar-refractivity contribution in [2.75, 3.05) is 26.9 Å². The van der Waals surface area contributed by atoms with Crippen LogP contribution in [0.25, 0.3) is 0 Å². The molecule has 1 saturated heterocycles. The second-order valence-corrected chi connectivity index (χ2v) is 3.80. The van der Waals surface area contributed by atoms with Crippen LogP contribution < -0.4 is 10.5 Å². The zero-order valence-electron chi connectivity index (χ0n) is 9.39. The summed E-state index contributed by atoms with van der Waals surface area (Å²) in [5, 5.41) is 0. The van der Waals surface area contributed by atoms with Crippen LogP contribution in [0.2, 0.25) is 0 Å². The lowest BCUT2D eigenvalue weighted by Gasteiger charge is -2.30. The van der Waals surface area contributed by atoms with Gasteiger partial charge in [0.1, 0.15) is 11.9 Å². The fourth-order valence-corrected chi connectivity index (χ4v) is 1.64. The van der Waals surface area contributed by atoms with Crippen LogP contribution in [-0.2, 0) is 9.47 Å². The monoisotopic (exact) mass is 223 g/mol. The van der Waals surface area contributed by atoms with Gasteiger partial charge in [-0.05, 0) is 17.7 Å². The van der Waals surface area contributed by atoms with Gasteiger partial charge in [-0.25, -0.2) is 0 Å². The molecule has 0 spiro atoms. The molecule has 4 nitrogen and oxygen atoms in total. The van der Waals surface area contributed by atoms with Crippen molar-refractivity contribution in [3.8, 4) is 5.75 Å². The van der Waals surface area contributed by atoms with Crippen LogP contribution in [0.4, 0.5) is 0 Å². The van der Waals surface area contributed by atoms with Crippen molar-refractivity contribution in [3.05, 3.63) is 29.8 Å². The number of methoxy groups -OCH3 is 1. The first-order valence-corrected chi connectivity index (χ1v) is 5.40. The average Bonchev–Trinajstić information content (AvgIpc) is 2.28. The minimum absolute atomic E-state index is 0.0796. The lowest BCUT2D eigenvalue weighted by atomic mass is 10.1. The summed E-state index contributed by atoms with van der Waals surface area (Å²) in [6, 6.07) is 7.80. The second kappa shape index (κ2) is 5.30. The van der Waals surface area contributed by atoms with E-state index in [0.717, 1.165) is 11.3 Å². The Morgan fingerprint density at radius 3 is 2.88 bits per heavy atom. The zero-order valence-corrected chi connectivity index (χ0v) is 9.39. The van der Waals surface area contributed by atoms with Crippen LogP contribution in [0.3, 0.4) is 0 Å². The van der Waals surface area contributed by atoms with Crippen molar-refractivity contribution < 1.29 is 14.2 Å². The molecule has 1 fully saturated rings. The first-order chi connectivity index (χ1) is 7.83. The molecular weight excluding hydrogens is 206 g/mol. The normalized spacial score (nSPS) is 17.9. The molecule has 2 N–H and O–H groups in total. The fraction of sp³-hybridized carbons (Fsp3) is 0.500. The van der Waals surface area contributed by atoms with Gasteiger partial charge >= 0.3 is 0 Å². The molecule has 1 aromatic rings. The van der Waals surface area contributed by atoms with E-state index in [1.54, 1.807) is 7.11 Å². The van der Waals surface area contributed by atoms with E-state index in [0.29, 0.717) is 19.8 Å². The largest absolute Gasteiger partial charge is 0.497 e. The summed E-state index contributed by atoms with van der Waals surface area (Å²) in [5.74, 6) is 0.824. The second-order valence-electron chi connectivity index (χ2n) is 3.80. The van der Waals surface area contributed by atoms with Gasteiger partial charge in [-0.3, -0.25) is 0 Å². The maximum atomic E-state index is 5.82. The van der Waals surface area contributed by atoms with E-state index in [2.05, 4.69) is 0 Å². The van der Waals surface area contributed by atoms with Gasteiger partial charge in [0.2, 0.25) is 0 Å². The molecule has 1 aliphatic heterocycles. The molecule has 1 atom stereocenters. The molecule has 0 amide bonds. The van der Waals surface area contributed by atoms with Gasteiger partial charge < -0.3 is 19.9 Å². The minimum Gasteiger partial charge on any atom is -0.497 e. The number of ether oxygens (including phenoxy) is 3. The predicted molar refractivity (Wildman–Crippen MR) is 60.5 cm³/mol. The highest BCUT2D eigenvalue weighted by atomic mass is 16.6. The third-order valence-electron chi connectivity index (χ3n) is 2.64. The fourth-order valence-electron chi connectivity index (χ4n) is 1.64. The van der Waals surface area contributed by atoms with Crippen LogP contribution in [0.5, 0.6) is 5.75 Å². The Hall–Kier alpha value is -1.10. The predicted octanol–water partition coefficient (Wildman–Crippen LogP) is 1.11. The molecule has 0 aliphatic carbocycles. The van der Waals surface area contributed by atoms with E-state index >= 15 is 0 Å². The standard InChI is InChI=1S/C12H17NO3/c1-14-10-4-2-3-9(5-10)12(6-13)16-11-7-15-8-11/h2-5,11-12H,6-8,13H2,1H3. The molecule has 1 heterocycles. The van der Waals surface area contributed by atoms with Crippen LogP contribution in [0.15, 0.2) is 24.3 Å². The molecule has 0 bridgehead atoms. The van der Waals surface area contributed by atoms with Gasteiger partial charge in [-0.1, -0.05) is 12.1 Å². The van der Waals surface area contributed by atoms with Gasteiger partial charge in [0.15, 0.2) is 0 Å². The Morgan fingerprint density at radius 1 is 1.50 bits per heavy atom. The third-order valence-corrected chi connectivity index (χ3v) is 2.64. The number of rotatable bonds is 5. The number of hydrogen-bond donors (Lipinski definition) is 1. The molecular formula is C12H17NO3. The molecule has 88 valence electrons. The SMILES string of the molecule is COc1cccc(C(CN)OC2COC2)c1. The number of nitrogens with two attached hydrogens (primary N) is 1. The summed E-state index contributed by atoms with van der Waals surface area (Å²) < 4.78 is 16.1. The van der Waals surface area contributed by atoms with Crippen LogP contribution in [0.1, 0.15) is 11.7 Å². The van der Waals surface area contributed by atoms with Crippen LogP contribution >= 0.6 is 0 Å². The van der Waals surface area contributed by atoms with Crippen LogP contribution in [0, 0.1) is 0 Å². The third kappa shape index (κ3) is 2.52. The summed E-state index contributed by atoms with van der Waals surface area (Å²) in [6.07, 6.45) is 0.101. The molecule has 16 heavy (non-hydrogen) atoms. The summed E-state index contributed by atoms with van der Waals surface area (Å²) in [6.45, 7) is 1.80. The molecule has 1 aromatic carbocycles. The van der Waals surface area contributed by atoms with Gasteiger partial charge in [0.05, 0.1) is 26.4 Å². The van der Waals surface area contributed by atoms with E-state index in [1.165, 1.54) is 0 Å². The first kappa shape index (κ1) is 11.4. The Kier molecular flexibility index (Phi) is 3.77. The molecule has 0 aromatic heterocycles. The highest BCUT2D eigenvalue weighted by Gasteiger charge is 2.23. The first-order valence-electron chi connectivity index (χ1n) is 5.40. The smallest absolute Gasteiger partial charge is 0.119 e. The molecule has 1 unspecified atom stereocenters. The number of benzene rings is 1. The van der Waals surface area contributed by atoms with Gasteiger partial charge in [-0.15, -0.1) is 0 Å². The van der Waals surface area contributed by atoms with E-state index in [9.17, 15) is 0 Å². The van der Waals surface area contributed by atoms with Crippen molar-refractivity contribution in [1.82, 2.24) is 0 Å². The summed E-state index contributed by atoms with van der Waals surface area (Å²) in [7, 11) is 1.65. The summed E-state index contributed by atoms with van der Waals surface area (Å²) >= 11 is 0. The molecule has 2 rings (SSSR count). The van der Waals surface area contributed by atoms with Crippen molar-refractivity contribution in [1.29, 1.82) is 0 Å². The minimum atomic E-state index is -0.0796. The highest BCUT2D eigenvalue weighted by Crippen LogP contribution is 2.24. The molecule has 1 aliphatic rings. The Labute approximate surface area is 95.3 Å². The van der Waals surface area contributed by atoms with Gasteiger partial charge in [0.25, 0.3) is 0 Å². The highest BCUT2D eigenvalue weighted by molar-refractivity contribution is 5.30. The zero-order chi connectivity index (χ0) is 11.4. The maximum Gasteiger partial charge on any atom is 0.119 e. The summed E-state index contributed by atoms with van der Waals surface area (Å²) in [5.41, 5.74) is 6.77. The topological polar surface area (TPSA) is 53.7 Å². The molecule has 0 radical (unpaired) electrons. The van der Waals surface area contributed by atoms with Gasteiger partial charge in [-0.2, -0.15) is 0 Å². The van der Waals surface area contributed by atoms with E-state index in [4.69, 9.17) is 19.9 Å². The Balaban J connectivity index is 2.05. The average molecular weight is 223 g/mol. The van der Waals surface area contributed by atoms with Crippen molar-refractivity contribution in [3.63, 3.8) is 0 Å². The lowest BCUT2D eigenvalue weighted by Crippen LogP contribution is -2.38.